The Labute approximate surface area is 200 Å². The number of ketones is 2. The summed E-state index contributed by atoms with van der Waals surface area (Å²) in [4.78, 5) is 25.5. The van der Waals surface area contributed by atoms with Gasteiger partial charge in [0.1, 0.15) is 11.5 Å². The van der Waals surface area contributed by atoms with E-state index in [0.717, 1.165) is 0 Å². The van der Waals surface area contributed by atoms with Crippen LogP contribution in [0.25, 0.3) is 0 Å². The molecular formula is C26H16ClNO5S. The van der Waals surface area contributed by atoms with Crippen molar-refractivity contribution in [1.29, 1.82) is 0 Å². The van der Waals surface area contributed by atoms with E-state index < -0.39 is 10.0 Å². The molecule has 0 saturated heterocycles. The molecule has 4 aromatic rings. The molecule has 0 unspecified atom stereocenters. The number of rotatable bonds is 5. The van der Waals surface area contributed by atoms with Crippen molar-refractivity contribution < 1.29 is 22.7 Å². The molecule has 0 fully saturated rings. The minimum Gasteiger partial charge on any atom is -0.457 e. The fraction of sp³-hybridized carbons (Fsp3) is 0. The average Bonchev–Trinajstić information content (AvgIpc) is 2.84. The van der Waals surface area contributed by atoms with E-state index >= 15 is 0 Å². The summed E-state index contributed by atoms with van der Waals surface area (Å²) in [6.45, 7) is 0. The van der Waals surface area contributed by atoms with Crippen molar-refractivity contribution in [2.75, 3.05) is 4.72 Å². The third-order valence-corrected chi connectivity index (χ3v) is 6.99. The van der Waals surface area contributed by atoms with Gasteiger partial charge in [-0.15, -0.1) is 0 Å². The molecule has 0 aromatic heterocycles. The fourth-order valence-corrected chi connectivity index (χ4v) is 4.90. The van der Waals surface area contributed by atoms with Crippen LogP contribution in [0.4, 0.5) is 5.69 Å². The molecule has 4 aromatic carbocycles. The van der Waals surface area contributed by atoms with Crippen LogP contribution in [0.2, 0.25) is 5.02 Å². The Morgan fingerprint density at radius 2 is 1.18 bits per heavy atom. The predicted octanol–water partition coefficient (Wildman–Crippen LogP) is 5.71. The summed E-state index contributed by atoms with van der Waals surface area (Å²) in [7, 11) is -4.01. The highest BCUT2D eigenvalue weighted by Gasteiger charge is 2.30. The van der Waals surface area contributed by atoms with Crippen LogP contribution < -0.4 is 9.46 Å². The first-order valence-corrected chi connectivity index (χ1v) is 12.1. The van der Waals surface area contributed by atoms with Crippen LogP contribution >= 0.6 is 11.6 Å². The summed E-state index contributed by atoms with van der Waals surface area (Å²) in [6, 6.07) is 23.7. The van der Waals surface area contributed by atoms with E-state index in [0.29, 0.717) is 27.8 Å². The van der Waals surface area contributed by atoms with Crippen LogP contribution in [-0.2, 0) is 10.0 Å². The van der Waals surface area contributed by atoms with E-state index in [1.165, 1.54) is 18.2 Å². The van der Waals surface area contributed by atoms with Gasteiger partial charge in [0.25, 0.3) is 10.0 Å². The van der Waals surface area contributed by atoms with Crippen LogP contribution in [0, 0.1) is 0 Å². The lowest BCUT2D eigenvalue weighted by Gasteiger charge is -2.18. The number of sulfonamides is 1. The Kier molecular flexibility index (Phi) is 5.43. The van der Waals surface area contributed by atoms with Gasteiger partial charge in [0.15, 0.2) is 11.6 Å². The third-order valence-electron chi connectivity index (χ3n) is 5.36. The zero-order valence-electron chi connectivity index (χ0n) is 17.5. The molecule has 1 N–H and O–H groups in total. The van der Waals surface area contributed by atoms with Crippen molar-refractivity contribution in [2.24, 2.45) is 0 Å². The summed E-state index contributed by atoms with van der Waals surface area (Å²) < 4.78 is 34.2. The highest BCUT2D eigenvalue weighted by molar-refractivity contribution is 7.92. The van der Waals surface area contributed by atoms with E-state index in [2.05, 4.69) is 4.72 Å². The quantitative estimate of drug-likeness (QED) is 0.341. The first kappa shape index (κ1) is 21.9. The topological polar surface area (TPSA) is 89.5 Å². The lowest BCUT2D eigenvalue weighted by molar-refractivity contribution is 0.0979. The molecule has 0 spiro atoms. The maximum atomic E-state index is 13.0. The lowest BCUT2D eigenvalue weighted by Crippen LogP contribution is -2.22. The molecular weight excluding hydrogens is 474 g/mol. The molecule has 0 heterocycles. The predicted molar refractivity (Wildman–Crippen MR) is 129 cm³/mol. The molecule has 1 aliphatic carbocycles. The van der Waals surface area contributed by atoms with Crippen LogP contribution in [0.15, 0.2) is 95.9 Å². The number of benzene rings is 4. The Balaban J connectivity index is 1.38. The van der Waals surface area contributed by atoms with Crippen LogP contribution in [0.3, 0.4) is 0 Å². The Morgan fingerprint density at radius 1 is 0.647 bits per heavy atom. The van der Waals surface area contributed by atoms with E-state index in [4.69, 9.17) is 16.3 Å². The smallest absolute Gasteiger partial charge is 0.261 e. The van der Waals surface area contributed by atoms with Gasteiger partial charge in [0, 0.05) is 33.0 Å². The van der Waals surface area contributed by atoms with Gasteiger partial charge in [-0.3, -0.25) is 14.3 Å². The molecule has 5 rings (SSSR count). The number of hydrogen-bond acceptors (Lipinski definition) is 5. The van der Waals surface area contributed by atoms with E-state index in [-0.39, 0.29) is 33.2 Å². The third kappa shape index (κ3) is 4.07. The zero-order valence-corrected chi connectivity index (χ0v) is 19.1. The number of fused-ring (bicyclic) bond motifs is 2. The Morgan fingerprint density at radius 3 is 1.79 bits per heavy atom. The molecule has 34 heavy (non-hydrogen) atoms. The molecule has 1 aliphatic rings. The van der Waals surface area contributed by atoms with Crippen molar-refractivity contribution in [2.45, 2.75) is 4.90 Å². The summed E-state index contributed by atoms with van der Waals surface area (Å²) >= 11 is 5.87. The number of carbonyl (C=O) groups excluding carboxylic acids is 2. The van der Waals surface area contributed by atoms with E-state index in [1.54, 1.807) is 72.8 Å². The van der Waals surface area contributed by atoms with Crippen molar-refractivity contribution >= 4 is 38.9 Å². The highest BCUT2D eigenvalue weighted by Crippen LogP contribution is 2.30. The fourth-order valence-electron chi connectivity index (χ4n) is 3.69. The highest BCUT2D eigenvalue weighted by atomic mass is 35.5. The second kappa shape index (κ2) is 8.44. The van der Waals surface area contributed by atoms with Gasteiger partial charge in [-0.1, -0.05) is 35.9 Å². The van der Waals surface area contributed by atoms with Crippen molar-refractivity contribution in [1.82, 2.24) is 0 Å². The van der Waals surface area contributed by atoms with Gasteiger partial charge in [-0.05, 0) is 66.7 Å². The number of halogens is 1. The summed E-state index contributed by atoms with van der Waals surface area (Å²) in [5.74, 6) is 0.415. The van der Waals surface area contributed by atoms with Crippen LogP contribution in [0.1, 0.15) is 31.8 Å². The Hall–Kier alpha value is -3.94. The normalized spacial score (nSPS) is 12.6. The van der Waals surface area contributed by atoms with Gasteiger partial charge in [-0.25, -0.2) is 8.42 Å². The summed E-state index contributed by atoms with van der Waals surface area (Å²) in [5.41, 5.74) is 1.15. The molecule has 0 aliphatic heterocycles. The molecule has 6 nitrogen and oxygen atoms in total. The summed E-state index contributed by atoms with van der Waals surface area (Å²) in [5, 5.41) is 0.592. The largest absolute Gasteiger partial charge is 0.457 e. The van der Waals surface area contributed by atoms with E-state index in [9.17, 15) is 18.0 Å². The average molecular weight is 490 g/mol. The number of hydrogen-bond donors (Lipinski definition) is 1. The standard InChI is InChI=1S/C26H16ClNO5S/c27-16-5-9-18(10-6-16)33-19-11-7-17(8-12-19)28-34(31,32)20-13-14-23-24(15-20)26(30)22-4-2-1-3-21(22)25(23)29/h1-15,28H. The maximum Gasteiger partial charge on any atom is 0.261 e. The first-order chi connectivity index (χ1) is 16.3. The van der Waals surface area contributed by atoms with Gasteiger partial charge >= 0.3 is 0 Å². The Bertz CT molecular complexity index is 1550. The van der Waals surface area contributed by atoms with Crippen molar-refractivity contribution in [3.63, 3.8) is 0 Å². The van der Waals surface area contributed by atoms with Crippen LogP contribution in [0.5, 0.6) is 11.5 Å². The second-order valence-electron chi connectivity index (χ2n) is 7.60. The number of carbonyl (C=O) groups is 2. The minimum atomic E-state index is -4.01. The number of anilines is 1. The molecule has 8 heteroatoms. The van der Waals surface area contributed by atoms with Crippen molar-refractivity contribution in [3.05, 3.63) is 118 Å². The van der Waals surface area contributed by atoms with Gasteiger partial charge in [0.05, 0.1) is 4.90 Å². The number of nitrogens with one attached hydrogen (secondary N) is 1. The van der Waals surface area contributed by atoms with Crippen molar-refractivity contribution in [3.8, 4) is 11.5 Å². The molecule has 0 amide bonds. The molecule has 0 saturated carbocycles. The van der Waals surface area contributed by atoms with Gasteiger partial charge in [-0.2, -0.15) is 0 Å². The second-order valence-corrected chi connectivity index (χ2v) is 9.72. The molecule has 0 radical (unpaired) electrons. The zero-order chi connectivity index (χ0) is 23.9. The molecule has 0 bridgehead atoms. The minimum absolute atomic E-state index is 0.0679. The van der Waals surface area contributed by atoms with E-state index in [1.807, 2.05) is 0 Å². The maximum absolute atomic E-state index is 13.0. The molecule has 168 valence electrons. The summed E-state index contributed by atoms with van der Waals surface area (Å²) in [6.07, 6.45) is 0. The monoisotopic (exact) mass is 489 g/mol. The SMILES string of the molecule is O=C1c2ccccc2C(=O)c2cc(S(=O)(=O)Nc3ccc(Oc4ccc(Cl)cc4)cc3)ccc21. The molecule has 0 atom stereocenters. The number of ether oxygens (including phenoxy) is 1. The first-order valence-electron chi connectivity index (χ1n) is 10.2. The van der Waals surface area contributed by atoms with Crippen LogP contribution in [-0.4, -0.2) is 20.0 Å². The van der Waals surface area contributed by atoms with Gasteiger partial charge in [0.2, 0.25) is 0 Å². The van der Waals surface area contributed by atoms with Gasteiger partial charge < -0.3 is 4.74 Å². The lowest BCUT2D eigenvalue weighted by atomic mass is 9.84.